The zero-order valence-electron chi connectivity index (χ0n) is 18.4. The lowest BCUT2D eigenvalue weighted by molar-refractivity contribution is 0.172. The summed E-state index contributed by atoms with van der Waals surface area (Å²) in [7, 11) is 3.26. The van der Waals surface area contributed by atoms with Gasteiger partial charge in [0.05, 0.1) is 19.3 Å². The summed E-state index contributed by atoms with van der Waals surface area (Å²) in [6.07, 6.45) is 1.68. The number of nitrogens with zero attached hydrogens (tertiary/aromatic N) is 4. The molecule has 2 aromatic carbocycles. The minimum Gasteiger partial charge on any atom is -0.494 e. The molecule has 0 bridgehead atoms. The summed E-state index contributed by atoms with van der Waals surface area (Å²) in [6, 6.07) is 15.0. The summed E-state index contributed by atoms with van der Waals surface area (Å²) in [5.41, 5.74) is 2.72. The second-order valence-electron chi connectivity index (χ2n) is 7.64. The summed E-state index contributed by atoms with van der Waals surface area (Å²) >= 11 is 0. The largest absolute Gasteiger partial charge is 0.494 e. The van der Waals surface area contributed by atoms with Crippen LogP contribution < -0.4 is 10.1 Å². The molecule has 32 heavy (non-hydrogen) atoms. The van der Waals surface area contributed by atoms with Gasteiger partial charge in [-0.1, -0.05) is 24.3 Å². The van der Waals surface area contributed by atoms with Crippen molar-refractivity contribution in [1.29, 1.82) is 0 Å². The smallest absolute Gasteiger partial charge is 0.226 e. The van der Waals surface area contributed by atoms with Crippen LogP contribution in [0.15, 0.2) is 64.2 Å². The SMILES string of the molecule is CN=C(NCc1coc(-c2ccccc2)n1)N1CCN(Cc2ccc(OC)c(F)c2)CC1. The number of hydrogen-bond donors (Lipinski definition) is 1. The van der Waals surface area contributed by atoms with Crippen molar-refractivity contribution in [3.05, 3.63) is 71.9 Å². The van der Waals surface area contributed by atoms with E-state index in [1.54, 1.807) is 25.4 Å². The molecule has 0 amide bonds. The van der Waals surface area contributed by atoms with E-state index in [4.69, 9.17) is 9.15 Å². The van der Waals surface area contributed by atoms with Gasteiger partial charge in [0.2, 0.25) is 5.89 Å². The Balaban J connectivity index is 1.27. The number of guanidine groups is 1. The summed E-state index contributed by atoms with van der Waals surface area (Å²) in [4.78, 5) is 13.5. The number of hydrogen-bond acceptors (Lipinski definition) is 5. The summed E-state index contributed by atoms with van der Waals surface area (Å²) in [5.74, 6) is 1.40. The van der Waals surface area contributed by atoms with Gasteiger partial charge in [-0.05, 0) is 29.8 Å². The highest BCUT2D eigenvalue weighted by molar-refractivity contribution is 5.80. The molecule has 0 spiro atoms. The number of aliphatic imine (C=N–C) groups is 1. The van der Waals surface area contributed by atoms with Crippen LogP contribution in [-0.2, 0) is 13.1 Å². The first-order valence-electron chi connectivity index (χ1n) is 10.7. The van der Waals surface area contributed by atoms with Gasteiger partial charge in [-0.25, -0.2) is 9.37 Å². The molecule has 168 valence electrons. The molecule has 2 heterocycles. The van der Waals surface area contributed by atoms with Crippen molar-refractivity contribution in [2.45, 2.75) is 13.1 Å². The van der Waals surface area contributed by atoms with Gasteiger partial charge in [0.25, 0.3) is 0 Å². The fraction of sp³-hybridized carbons (Fsp3) is 0.333. The number of oxazole rings is 1. The van der Waals surface area contributed by atoms with Crippen molar-refractivity contribution in [2.24, 2.45) is 4.99 Å². The Labute approximate surface area is 187 Å². The van der Waals surface area contributed by atoms with Crippen LogP contribution in [0.4, 0.5) is 4.39 Å². The van der Waals surface area contributed by atoms with E-state index in [0.717, 1.165) is 49.0 Å². The molecule has 1 saturated heterocycles. The maximum atomic E-state index is 14.0. The number of ether oxygens (including phenoxy) is 1. The molecular weight excluding hydrogens is 409 g/mol. The Morgan fingerprint density at radius 3 is 2.62 bits per heavy atom. The molecule has 0 radical (unpaired) electrons. The van der Waals surface area contributed by atoms with Gasteiger partial charge in [-0.15, -0.1) is 0 Å². The maximum absolute atomic E-state index is 14.0. The van der Waals surface area contributed by atoms with Crippen molar-refractivity contribution in [3.63, 3.8) is 0 Å². The van der Waals surface area contributed by atoms with Crippen LogP contribution in [0, 0.1) is 5.82 Å². The average molecular weight is 438 g/mol. The van der Waals surface area contributed by atoms with Crippen LogP contribution in [0.3, 0.4) is 0 Å². The van der Waals surface area contributed by atoms with Crippen LogP contribution in [0.1, 0.15) is 11.3 Å². The predicted octanol–water partition coefficient (Wildman–Crippen LogP) is 3.38. The molecule has 0 unspecified atom stereocenters. The molecule has 1 aliphatic heterocycles. The number of methoxy groups -OCH3 is 1. The molecule has 0 atom stereocenters. The zero-order chi connectivity index (χ0) is 22.3. The zero-order valence-corrected chi connectivity index (χ0v) is 18.4. The third-order valence-corrected chi connectivity index (χ3v) is 5.51. The van der Waals surface area contributed by atoms with Crippen molar-refractivity contribution < 1.29 is 13.5 Å². The fourth-order valence-electron chi connectivity index (χ4n) is 3.79. The number of aromatic nitrogens is 1. The molecule has 8 heteroatoms. The van der Waals surface area contributed by atoms with Gasteiger partial charge >= 0.3 is 0 Å². The fourth-order valence-corrected chi connectivity index (χ4v) is 3.79. The average Bonchev–Trinajstić information content (AvgIpc) is 3.30. The Bertz CT molecular complexity index is 1050. The molecule has 1 N–H and O–H groups in total. The Kier molecular flexibility index (Phi) is 7.01. The maximum Gasteiger partial charge on any atom is 0.226 e. The van der Waals surface area contributed by atoms with Crippen molar-refractivity contribution in [2.75, 3.05) is 40.3 Å². The first kappa shape index (κ1) is 21.8. The number of nitrogens with one attached hydrogen (secondary N) is 1. The predicted molar refractivity (Wildman–Crippen MR) is 122 cm³/mol. The van der Waals surface area contributed by atoms with E-state index in [9.17, 15) is 4.39 Å². The van der Waals surface area contributed by atoms with Crippen LogP contribution in [-0.4, -0.2) is 61.1 Å². The van der Waals surface area contributed by atoms with Gasteiger partial charge in [-0.2, -0.15) is 0 Å². The first-order chi connectivity index (χ1) is 15.7. The molecule has 0 aliphatic carbocycles. The minimum atomic E-state index is -0.323. The van der Waals surface area contributed by atoms with E-state index in [-0.39, 0.29) is 11.6 Å². The van der Waals surface area contributed by atoms with Gasteiger partial charge < -0.3 is 19.4 Å². The summed E-state index contributed by atoms with van der Waals surface area (Å²) in [6.45, 7) is 4.67. The third-order valence-electron chi connectivity index (χ3n) is 5.51. The highest BCUT2D eigenvalue weighted by Gasteiger charge is 2.20. The quantitative estimate of drug-likeness (QED) is 0.471. The minimum absolute atomic E-state index is 0.274. The number of benzene rings is 2. The van der Waals surface area contributed by atoms with Gasteiger partial charge in [0.1, 0.15) is 6.26 Å². The molecule has 1 aromatic heterocycles. The van der Waals surface area contributed by atoms with E-state index < -0.39 is 0 Å². The van der Waals surface area contributed by atoms with E-state index >= 15 is 0 Å². The van der Waals surface area contributed by atoms with E-state index in [1.807, 2.05) is 36.4 Å². The Morgan fingerprint density at radius 2 is 1.94 bits per heavy atom. The van der Waals surface area contributed by atoms with Gasteiger partial charge in [0.15, 0.2) is 17.5 Å². The van der Waals surface area contributed by atoms with Crippen LogP contribution in [0.5, 0.6) is 5.75 Å². The molecule has 1 aliphatic rings. The van der Waals surface area contributed by atoms with E-state index in [0.29, 0.717) is 19.0 Å². The standard InChI is InChI=1S/C24H28FN5O2/c1-26-24(27-15-20-17-32-23(28-20)19-6-4-3-5-7-19)30-12-10-29(11-13-30)16-18-8-9-22(31-2)21(25)14-18/h3-9,14,17H,10-13,15-16H2,1-2H3,(H,26,27). The Hall–Kier alpha value is -3.39. The number of piperazine rings is 1. The van der Waals surface area contributed by atoms with Crippen molar-refractivity contribution >= 4 is 5.96 Å². The van der Waals surface area contributed by atoms with Crippen molar-refractivity contribution in [1.82, 2.24) is 20.1 Å². The molecule has 0 saturated carbocycles. The highest BCUT2D eigenvalue weighted by Crippen LogP contribution is 2.20. The van der Waals surface area contributed by atoms with Gasteiger partial charge in [-0.3, -0.25) is 9.89 Å². The normalized spacial score (nSPS) is 15.1. The third kappa shape index (κ3) is 5.26. The first-order valence-corrected chi connectivity index (χ1v) is 10.7. The lowest BCUT2D eigenvalue weighted by Crippen LogP contribution is -2.52. The van der Waals surface area contributed by atoms with Crippen LogP contribution in [0.25, 0.3) is 11.5 Å². The monoisotopic (exact) mass is 437 g/mol. The van der Waals surface area contributed by atoms with Gasteiger partial charge in [0, 0.05) is 45.3 Å². The lowest BCUT2D eigenvalue weighted by atomic mass is 10.2. The van der Waals surface area contributed by atoms with Crippen molar-refractivity contribution in [3.8, 4) is 17.2 Å². The van der Waals surface area contributed by atoms with E-state index in [2.05, 4.69) is 25.1 Å². The Morgan fingerprint density at radius 1 is 1.16 bits per heavy atom. The topological polar surface area (TPSA) is 66.1 Å². The molecule has 4 rings (SSSR count). The summed E-state index contributed by atoms with van der Waals surface area (Å²) in [5, 5.41) is 3.38. The highest BCUT2D eigenvalue weighted by atomic mass is 19.1. The molecule has 3 aromatic rings. The van der Waals surface area contributed by atoms with Crippen LogP contribution >= 0.6 is 0 Å². The second-order valence-corrected chi connectivity index (χ2v) is 7.64. The summed E-state index contributed by atoms with van der Waals surface area (Å²) < 4.78 is 24.6. The number of rotatable bonds is 6. The second kappa shape index (κ2) is 10.3. The molecule has 7 nitrogen and oxygen atoms in total. The molecule has 1 fully saturated rings. The lowest BCUT2D eigenvalue weighted by Gasteiger charge is -2.36. The number of halogens is 1. The van der Waals surface area contributed by atoms with Crippen LogP contribution in [0.2, 0.25) is 0 Å². The molecular formula is C24H28FN5O2. The van der Waals surface area contributed by atoms with E-state index in [1.165, 1.54) is 7.11 Å².